The quantitative estimate of drug-likeness (QED) is 0.463. The molecule has 1 heterocycles. The Morgan fingerprint density at radius 2 is 2.05 bits per heavy atom. The topological polar surface area (TPSA) is 70.9 Å². The van der Waals surface area contributed by atoms with Crippen molar-refractivity contribution in [1.82, 2.24) is 4.98 Å². The Labute approximate surface area is 111 Å². The van der Waals surface area contributed by atoms with Crippen molar-refractivity contribution in [2.75, 3.05) is 0 Å². The number of rotatable bonds is 3. The van der Waals surface area contributed by atoms with Crippen LogP contribution in [0.3, 0.4) is 0 Å². The molecular weight excluding hydrogens is 278 g/mol. The van der Waals surface area contributed by atoms with Crippen LogP contribution in [0.4, 0.5) is 14.5 Å². The summed E-state index contributed by atoms with van der Waals surface area (Å²) in [4.78, 5) is 6.09. The SMILES string of the molecule is [N-]=[N+]=Nc1ccc(Oc2ncc(Cl)cc2F)cc1F. The highest BCUT2D eigenvalue weighted by Crippen LogP contribution is 2.28. The molecular formula is C11H5ClF2N4O. The molecule has 0 aliphatic carbocycles. The highest BCUT2D eigenvalue weighted by Gasteiger charge is 2.09. The molecule has 2 aromatic rings. The van der Waals surface area contributed by atoms with Gasteiger partial charge in [-0.25, -0.2) is 13.8 Å². The minimum Gasteiger partial charge on any atom is -0.436 e. The molecule has 5 nitrogen and oxygen atoms in total. The summed E-state index contributed by atoms with van der Waals surface area (Å²) in [6.45, 7) is 0. The third-order valence-corrected chi connectivity index (χ3v) is 2.27. The van der Waals surface area contributed by atoms with Gasteiger partial charge >= 0.3 is 0 Å². The molecule has 0 radical (unpaired) electrons. The summed E-state index contributed by atoms with van der Waals surface area (Å²) in [5.41, 5.74) is 8.02. The molecule has 0 bridgehead atoms. The lowest BCUT2D eigenvalue weighted by molar-refractivity contribution is 0.420. The van der Waals surface area contributed by atoms with Crippen LogP contribution in [0.2, 0.25) is 5.02 Å². The average molecular weight is 283 g/mol. The molecule has 0 unspecified atom stereocenters. The van der Waals surface area contributed by atoms with Crippen LogP contribution in [-0.2, 0) is 0 Å². The second kappa shape index (κ2) is 5.51. The molecule has 0 saturated heterocycles. The number of pyridine rings is 1. The van der Waals surface area contributed by atoms with Crippen LogP contribution in [0.5, 0.6) is 11.6 Å². The van der Waals surface area contributed by atoms with Crippen molar-refractivity contribution in [2.45, 2.75) is 0 Å². The first-order chi connectivity index (χ1) is 9.10. The number of halogens is 3. The summed E-state index contributed by atoms with van der Waals surface area (Å²) < 4.78 is 31.9. The summed E-state index contributed by atoms with van der Waals surface area (Å²) in [6.07, 6.45) is 1.20. The number of ether oxygens (including phenoxy) is 1. The van der Waals surface area contributed by atoms with E-state index in [1.54, 1.807) is 0 Å². The number of hydrogen-bond donors (Lipinski definition) is 0. The van der Waals surface area contributed by atoms with Crippen molar-refractivity contribution in [2.24, 2.45) is 5.11 Å². The van der Waals surface area contributed by atoms with Crippen LogP contribution >= 0.6 is 11.6 Å². The summed E-state index contributed by atoms with van der Waals surface area (Å²) in [7, 11) is 0. The molecule has 0 saturated carbocycles. The lowest BCUT2D eigenvalue weighted by Crippen LogP contribution is -1.92. The molecule has 1 aromatic carbocycles. The van der Waals surface area contributed by atoms with Gasteiger partial charge in [0.15, 0.2) is 5.82 Å². The normalized spacial score (nSPS) is 9.84. The fourth-order valence-electron chi connectivity index (χ4n) is 1.27. The summed E-state index contributed by atoms with van der Waals surface area (Å²) in [5, 5.41) is 3.25. The second-order valence-electron chi connectivity index (χ2n) is 3.35. The monoisotopic (exact) mass is 282 g/mol. The molecule has 0 fully saturated rings. The van der Waals surface area contributed by atoms with Gasteiger partial charge in [0, 0.05) is 17.2 Å². The van der Waals surface area contributed by atoms with E-state index in [0.29, 0.717) is 0 Å². The van der Waals surface area contributed by atoms with Gasteiger partial charge in [0.05, 0.1) is 10.7 Å². The van der Waals surface area contributed by atoms with E-state index in [1.165, 1.54) is 18.3 Å². The Balaban J connectivity index is 2.28. The predicted octanol–water partition coefficient (Wildman–Crippen LogP) is 4.75. The maximum Gasteiger partial charge on any atom is 0.255 e. The van der Waals surface area contributed by atoms with Crippen LogP contribution < -0.4 is 4.74 Å². The van der Waals surface area contributed by atoms with Gasteiger partial charge in [-0.3, -0.25) is 0 Å². The Morgan fingerprint density at radius 3 is 2.68 bits per heavy atom. The molecule has 0 amide bonds. The fraction of sp³-hybridized carbons (Fsp3) is 0. The molecule has 0 aliphatic rings. The van der Waals surface area contributed by atoms with E-state index in [2.05, 4.69) is 15.0 Å². The third-order valence-electron chi connectivity index (χ3n) is 2.06. The lowest BCUT2D eigenvalue weighted by Gasteiger charge is -2.06. The molecule has 8 heteroatoms. The van der Waals surface area contributed by atoms with E-state index in [1.807, 2.05) is 0 Å². The molecule has 0 spiro atoms. The van der Waals surface area contributed by atoms with Crippen molar-refractivity contribution in [3.8, 4) is 11.6 Å². The van der Waals surface area contributed by atoms with Crippen LogP contribution in [0.1, 0.15) is 0 Å². The Morgan fingerprint density at radius 1 is 1.26 bits per heavy atom. The van der Waals surface area contributed by atoms with E-state index in [9.17, 15) is 8.78 Å². The van der Waals surface area contributed by atoms with Gasteiger partial charge in [-0.2, -0.15) is 0 Å². The smallest absolute Gasteiger partial charge is 0.255 e. The molecule has 1 aromatic heterocycles. The Bertz CT molecular complexity index is 674. The number of nitrogens with zero attached hydrogens (tertiary/aromatic N) is 4. The average Bonchev–Trinajstić information content (AvgIpc) is 2.36. The molecule has 96 valence electrons. The minimum absolute atomic E-state index is 0.0168. The van der Waals surface area contributed by atoms with Crippen molar-refractivity contribution < 1.29 is 13.5 Å². The van der Waals surface area contributed by atoms with Gasteiger partial charge in [0.1, 0.15) is 11.6 Å². The van der Waals surface area contributed by atoms with Crippen molar-refractivity contribution in [3.63, 3.8) is 0 Å². The zero-order valence-corrected chi connectivity index (χ0v) is 9.97. The number of azide groups is 1. The maximum absolute atomic E-state index is 13.4. The summed E-state index contributed by atoms with van der Waals surface area (Å²) in [5.74, 6) is -1.87. The van der Waals surface area contributed by atoms with Crippen molar-refractivity contribution >= 4 is 17.3 Å². The van der Waals surface area contributed by atoms with Crippen LogP contribution in [0.25, 0.3) is 10.4 Å². The van der Waals surface area contributed by atoms with E-state index in [0.717, 1.165) is 12.1 Å². The van der Waals surface area contributed by atoms with Crippen LogP contribution in [0, 0.1) is 11.6 Å². The minimum atomic E-state index is -0.787. The molecule has 0 N–H and O–H groups in total. The van der Waals surface area contributed by atoms with Crippen molar-refractivity contribution in [3.05, 3.63) is 57.6 Å². The van der Waals surface area contributed by atoms with Crippen LogP contribution in [-0.4, -0.2) is 4.98 Å². The molecule has 0 aliphatic heterocycles. The van der Waals surface area contributed by atoms with Crippen molar-refractivity contribution in [1.29, 1.82) is 0 Å². The first-order valence-electron chi connectivity index (χ1n) is 4.93. The third kappa shape index (κ3) is 3.09. The Hall–Kier alpha value is -2.37. The second-order valence-corrected chi connectivity index (χ2v) is 3.78. The van der Waals surface area contributed by atoms with Gasteiger partial charge in [-0.05, 0) is 23.7 Å². The van der Waals surface area contributed by atoms with Gasteiger partial charge in [0.25, 0.3) is 5.88 Å². The molecule has 0 atom stereocenters. The van der Waals surface area contributed by atoms with Gasteiger partial charge in [0.2, 0.25) is 0 Å². The summed E-state index contributed by atoms with van der Waals surface area (Å²) >= 11 is 5.54. The number of hydrogen-bond acceptors (Lipinski definition) is 3. The molecule has 19 heavy (non-hydrogen) atoms. The first-order valence-corrected chi connectivity index (χ1v) is 5.31. The number of aromatic nitrogens is 1. The van der Waals surface area contributed by atoms with Gasteiger partial charge in [-0.1, -0.05) is 16.7 Å². The zero-order chi connectivity index (χ0) is 13.8. The zero-order valence-electron chi connectivity index (χ0n) is 9.22. The highest BCUT2D eigenvalue weighted by atomic mass is 35.5. The first kappa shape index (κ1) is 13.1. The predicted molar refractivity (Wildman–Crippen MR) is 64.5 cm³/mol. The maximum atomic E-state index is 13.4. The van der Waals surface area contributed by atoms with Gasteiger partial charge in [-0.15, -0.1) is 0 Å². The molecule has 2 rings (SSSR count). The van der Waals surface area contributed by atoms with E-state index in [4.69, 9.17) is 21.9 Å². The number of benzene rings is 1. The van der Waals surface area contributed by atoms with Gasteiger partial charge < -0.3 is 4.74 Å². The fourth-order valence-corrected chi connectivity index (χ4v) is 1.41. The summed E-state index contributed by atoms with van der Waals surface area (Å²) in [6, 6.07) is 4.51. The Kier molecular flexibility index (Phi) is 3.79. The van der Waals surface area contributed by atoms with E-state index < -0.39 is 11.6 Å². The largest absolute Gasteiger partial charge is 0.436 e. The highest BCUT2D eigenvalue weighted by molar-refractivity contribution is 6.30. The van der Waals surface area contributed by atoms with E-state index >= 15 is 0 Å². The lowest BCUT2D eigenvalue weighted by atomic mass is 10.3. The van der Waals surface area contributed by atoms with E-state index in [-0.39, 0.29) is 22.3 Å². The van der Waals surface area contributed by atoms with Crippen LogP contribution in [0.15, 0.2) is 35.6 Å². The standard InChI is InChI=1S/C11H5ClF2N4O/c12-6-3-9(14)11(16-5-6)19-7-1-2-10(17-18-15)8(13)4-7/h1-5H.